The van der Waals surface area contributed by atoms with Crippen molar-refractivity contribution < 1.29 is 36.8 Å². The number of anilines is 1. The highest BCUT2D eigenvalue weighted by atomic mass is 32.2. The van der Waals surface area contributed by atoms with E-state index >= 15 is 0 Å². The molecule has 2 N–H and O–H groups in total. The summed E-state index contributed by atoms with van der Waals surface area (Å²) in [6.45, 7) is 2.82. The topological polar surface area (TPSA) is 136 Å². The van der Waals surface area contributed by atoms with E-state index in [1.54, 1.807) is 0 Å². The van der Waals surface area contributed by atoms with Gasteiger partial charge in [0.05, 0.1) is 5.69 Å². The number of ether oxygens (including phenoxy) is 2. The number of carbonyl (C=O) groups is 3. The zero-order valence-electron chi connectivity index (χ0n) is 16.0. The molecular formula is C18H25NO8S. The lowest BCUT2D eigenvalue weighted by Crippen LogP contribution is -2.31. The first-order valence-corrected chi connectivity index (χ1v) is 10.1. The molecule has 1 amide bonds. The van der Waals surface area contributed by atoms with Crippen LogP contribution >= 0.6 is 0 Å². The average molecular weight is 415 g/mol. The average Bonchev–Trinajstić information content (AvgIpc) is 2.62. The maximum atomic E-state index is 12.0. The monoisotopic (exact) mass is 415 g/mol. The Hall–Kier alpha value is -2.30. The Bertz CT molecular complexity index is 806. The summed E-state index contributed by atoms with van der Waals surface area (Å²) < 4.78 is 41.8. The molecule has 10 heteroatoms. The van der Waals surface area contributed by atoms with Gasteiger partial charge in [0, 0.05) is 13.5 Å². The van der Waals surface area contributed by atoms with Gasteiger partial charge in [0.25, 0.3) is 10.1 Å². The van der Waals surface area contributed by atoms with Crippen LogP contribution in [-0.2, 0) is 34.0 Å². The predicted octanol–water partition coefficient (Wildman–Crippen LogP) is 1.97. The number of para-hydroxylation sites is 1. The molecule has 0 fully saturated rings. The Balaban J connectivity index is 2.52. The molecule has 0 aliphatic carbocycles. The van der Waals surface area contributed by atoms with Crippen LogP contribution in [0.3, 0.4) is 0 Å². The third kappa shape index (κ3) is 7.75. The predicted molar refractivity (Wildman–Crippen MR) is 100 cm³/mol. The largest absolute Gasteiger partial charge is 0.452 e. The number of amides is 1. The molecule has 156 valence electrons. The number of hydrogen-bond acceptors (Lipinski definition) is 7. The third-order valence-electron chi connectivity index (χ3n) is 3.96. The van der Waals surface area contributed by atoms with Gasteiger partial charge >= 0.3 is 5.97 Å². The number of rotatable bonds is 11. The Kier molecular flexibility index (Phi) is 9.23. The number of methoxy groups -OCH3 is 1. The van der Waals surface area contributed by atoms with Crippen molar-refractivity contribution in [3.8, 4) is 0 Å². The van der Waals surface area contributed by atoms with Crippen molar-refractivity contribution >= 4 is 33.5 Å². The molecule has 2 atom stereocenters. The summed E-state index contributed by atoms with van der Waals surface area (Å²) >= 11 is 0. The summed E-state index contributed by atoms with van der Waals surface area (Å²) in [6.07, 6.45) is -0.545. The van der Waals surface area contributed by atoms with Crippen molar-refractivity contribution in [3.05, 3.63) is 24.3 Å². The molecule has 0 heterocycles. The van der Waals surface area contributed by atoms with Gasteiger partial charge < -0.3 is 14.8 Å². The number of Topliss-reactive ketones (excluding diaryl/α,β-unsaturated/α-hetero) is 1. The molecular weight excluding hydrogens is 390 g/mol. The van der Waals surface area contributed by atoms with Crippen LogP contribution in [0, 0.1) is 0 Å². The van der Waals surface area contributed by atoms with Crippen LogP contribution in [0.15, 0.2) is 29.2 Å². The summed E-state index contributed by atoms with van der Waals surface area (Å²) in [6, 6.07) is 5.49. The Labute approximate surface area is 164 Å². The number of unbranched alkanes of at least 4 members (excludes halogenated alkanes) is 1. The quantitative estimate of drug-likeness (QED) is 0.318. The maximum Gasteiger partial charge on any atom is 0.335 e. The molecule has 0 aliphatic heterocycles. The first-order chi connectivity index (χ1) is 13.1. The molecule has 1 aromatic carbocycles. The van der Waals surface area contributed by atoms with Crippen molar-refractivity contribution in [3.63, 3.8) is 0 Å². The molecule has 0 bridgehead atoms. The minimum atomic E-state index is -4.46. The van der Waals surface area contributed by atoms with E-state index in [-0.39, 0.29) is 29.2 Å². The Morgan fingerprint density at radius 2 is 1.82 bits per heavy atom. The van der Waals surface area contributed by atoms with E-state index in [1.165, 1.54) is 45.2 Å². The van der Waals surface area contributed by atoms with Gasteiger partial charge in [-0.1, -0.05) is 12.1 Å². The molecule has 0 aliphatic rings. The van der Waals surface area contributed by atoms with Crippen LogP contribution in [0.25, 0.3) is 0 Å². The first-order valence-electron chi connectivity index (χ1n) is 8.66. The molecule has 0 spiro atoms. The second-order valence-corrected chi connectivity index (χ2v) is 7.57. The highest BCUT2D eigenvalue weighted by Crippen LogP contribution is 2.21. The van der Waals surface area contributed by atoms with Gasteiger partial charge in [-0.05, 0) is 45.2 Å². The summed E-state index contributed by atoms with van der Waals surface area (Å²) in [7, 11) is -3.10. The number of ketones is 1. The summed E-state index contributed by atoms with van der Waals surface area (Å²) in [5.74, 6) is -1.38. The van der Waals surface area contributed by atoms with E-state index in [1.807, 2.05) is 0 Å². The lowest BCUT2D eigenvalue weighted by Gasteiger charge is -2.17. The van der Waals surface area contributed by atoms with Gasteiger partial charge in [0.1, 0.15) is 4.90 Å². The van der Waals surface area contributed by atoms with Gasteiger partial charge in [0.2, 0.25) is 5.91 Å². The zero-order valence-corrected chi connectivity index (χ0v) is 16.8. The number of benzene rings is 1. The van der Waals surface area contributed by atoms with Gasteiger partial charge in [-0.25, -0.2) is 4.79 Å². The summed E-state index contributed by atoms with van der Waals surface area (Å²) in [4.78, 5) is 35.0. The van der Waals surface area contributed by atoms with Crippen molar-refractivity contribution in [1.82, 2.24) is 0 Å². The van der Waals surface area contributed by atoms with E-state index in [9.17, 15) is 27.4 Å². The number of nitrogens with one attached hydrogen (secondary N) is 1. The van der Waals surface area contributed by atoms with E-state index in [4.69, 9.17) is 9.47 Å². The molecule has 2 unspecified atom stereocenters. The zero-order chi connectivity index (χ0) is 21.3. The van der Waals surface area contributed by atoms with Crippen molar-refractivity contribution in [2.75, 3.05) is 12.4 Å². The molecule has 1 rings (SSSR count). The first kappa shape index (κ1) is 23.7. The molecule has 0 aromatic heterocycles. The standard InChI is InChI=1S/C18H25NO8S/c1-12(20)15(27-18(22)13(2)26-3)9-5-7-11-17(21)19-14-8-4-6-10-16(14)28(23,24)25/h4,6,8,10,13,15H,5,7,9,11H2,1-3H3,(H,19,21)(H,23,24,25). The van der Waals surface area contributed by atoms with Crippen molar-refractivity contribution in [1.29, 1.82) is 0 Å². The molecule has 28 heavy (non-hydrogen) atoms. The van der Waals surface area contributed by atoms with Gasteiger partial charge in [-0.2, -0.15) is 8.42 Å². The van der Waals surface area contributed by atoms with Crippen LogP contribution < -0.4 is 5.32 Å². The fraction of sp³-hybridized carbons (Fsp3) is 0.500. The SMILES string of the molecule is COC(C)C(=O)OC(CCCCC(=O)Nc1ccccc1S(=O)(=O)O)C(C)=O. The number of esters is 1. The molecule has 0 radical (unpaired) electrons. The highest BCUT2D eigenvalue weighted by Gasteiger charge is 2.23. The number of hydrogen-bond donors (Lipinski definition) is 2. The second kappa shape index (κ2) is 10.9. The normalized spacial score (nSPS) is 13.4. The molecule has 1 aromatic rings. The maximum absolute atomic E-state index is 12.0. The van der Waals surface area contributed by atoms with Gasteiger partial charge in [-0.15, -0.1) is 0 Å². The number of carbonyl (C=O) groups excluding carboxylic acids is 3. The molecule has 0 saturated carbocycles. The minimum absolute atomic E-state index is 0.0147. The molecule has 0 saturated heterocycles. The minimum Gasteiger partial charge on any atom is -0.452 e. The summed E-state index contributed by atoms with van der Waals surface area (Å²) in [5, 5.41) is 2.44. The fourth-order valence-electron chi connectivity index (χ4n) is 2.30. The lowest BCUT2D eigenvalue weighted by molar-refractivity contribution is -0.163. The van der Waals surface area contributed by atoms with Crippen molar-refractivity contribution in [2.45, 2.75) is 56.6 Å². The van der Waals surface area contributed by atoms with Gasteiger partial charge in [-0.3, -0.25) is 14.1 Å². The van der Waals surface area contributed by atoms with E-state index in [0.29, 0.717) is 12.8 Å². The van der Waals surface area contributed by atoms with Crippen LogP contribution in [0.1, 0.15) is 39.5 Å². The van der Waals surface area contributed by atoms with Crippen LogP contribution in [0.5, 0.6) is 0 Å². The van der Waals surface area contributed by atoms with Crippen LogP contribution in [0.2, 0.25) is 0 Å². The van der Waals surface area contributed by atoms with Crippen molar-refractivity contribution in [2.24, 2.45) is 0 Å². The van der Waals surface area contributed by atoms with E-state index < -0.39 is 34.2 Å². The fourth-order valence-corrected chi connectivity index (χ4v) is 2.95. The Morgan fingerprint density at radius 1 is 1.18 bits per heavy atom. The smallest absolute Gasteiger partial charge is 0.335 e. The third-order valence-corrected chi connectivity index (χ3v) is 4.87. The second-order valence-electron chi connectivity index (χ2n) is 6.18. The van der Waals surface area contributed by atoms with E-state index in [0.717, 1.165) is 0 Å². The molecule has 9 nitrogen and oxygen atoms in total. The summed E-state index contributed by atoms with van der Waals surface area (Å²) in [5.41, 5.74) is -0.0147. The Morgan fingerprint density at radius 3 is 2.39 bits per heavy atom. The lowest BCUT2D eigenvalue weighted by atomic mass is 10.1. The van der Waals surface area contributed by atoms with Gasteiger partial charge in [0.15, 0.2) is 18.0 Å². The van der Waals surface area contributed by atoms with Crippen LogP contribution in [-0.4, -0.2) is 49.9 Å². The van der Waals surface area contributed by atoms with Crippen LogP contribution in [0.4, 0.5) is 5.69 Å². The van der Waals surface area contributed by atoms with E-state index in [2.05, 4.69) is 5.32 Å². The highest BCUT2D eigenvalue weighted by molar-refractivity contribution is 7.86.